The average molecular weight is 290 g/mol. The predicted octanol–water partition coefficient (Wildman–Crippen LogP) is 2.46. The van der Waals surface area contributed by atoms with Crippen LogP contribution in [0, 0.1) is 5.82 Å². The highest BCUT2D eigenvalue weighted by Gasteiger charge is 2.09. The molecule has 6 nitrogen and oxygen atoms in total. The predicted molar refractivity (Wildman–Crippen MR) is 75.2 cm³/mol. The summed E-state index contributed by atoms with van der Waals surface area (Å²) in [4.78, 5) is 4.36. The van der Waals surface area contributed by atoms with Crippen molar-refractivity contribution in [2.45, 2.75) is 13.2 Å². The Hall–Kier alpha value is -2.41. The molecule has 0 bridgehead atoms. The van der Waals surface area contributed by atoms with Gasteiger partial charge in [0.2, 0.25) is 5.95 Å². The zero-order valence-electron chi connectivity index (χ0n) is 11.8. The summed E-state index contributed by atoms with van der Waals surface area (Å²) in [7, 11) is 3.47. The second-order valence-electron chi connectivity index (χ2n) is 4.70. The fourth-order valence-electron chi connectivity index (χ4n) is 2.15. The maximum Gasteiger partial charge on any atom is 0.203 e. The van der Waals surface area contributed by atoms with Crippen LogP contribution in [0.25, 0.3) is 11.0 Å². The van der Waals surface area contributed by atoms with Crippen LogP contribution in [0.1, 0.15) is 11.5 Å². The third kappa shape index (κ3) is 2.73. The van der Waals surface area contributed by atoms with E-state index in [-0.39, 0.29) is 5.82 Å². The fraction of sp³-hybridized carbons (Fsp3) is 0.286. The van der Waals surface area contributed by atoms with Crippen LogP contribution in [-0.4, -0.2) is 21.8 Å². The molecule has 0 saturated heterocycles. The largest absolute Gasteiger partial charge is 0.377 e. The van der Waals surface area contributed by atoms with E-state index < -0.39 is 0 Å². The zero-order chi connectivity index (χ0) is 14.8. The Bertz CT molecular complexity index is 766. The van der Waals surface area contributed by atoms with E-state index in [2.05, 4.69) is 15.5 Å². The number of aryl methyl sites for hydroxylation is 1. The lowest BCUT2D eigenvalue weighted by molar-refractivity contribution is 0.156. The van der Waals surface area contributed by atoms with Crippen molar-refractivity contribution in [2.24, 2.45) is 7.05 Å². The van der Waals surface area contributed by atoms with Crippen LogP contribution in [0.5, 0.6) is 0 Å². The molecule has 0 saturated carbocycles. The number of hydrogen-bond donors (Lipinski definition) is 1. The Balaban J connectivity index is 1.76. The maximum absolute atomic E-state index is 13.2. The number of nitrogens with one attached hydrogen (secondary N) is 1. The summed E-state index contributed by atoms with van der Waals surface area (Å²) >= 11 is 0. The third-order valence-electron chi connectivity index (χ3n) is 3.16. The molecule has 0 spiro atoms. The maximum atomic E-state index is 13.2. The van der Waals surface area contributed by atoms with Gasteiger partial charge in [0, 0.05) is 26.3 Å². The van der Waals surface area contributed by atoms with Gasteiger partial charge < -0.3 is 19.1 Å². The summed E-state index contributed by atoms with van der Waals surface area (Å²) in [5.41, 5.74) is 2.22. The molecular weight excluding hydrogens is 275 g/mol. The minimum Gasteiger partial charge on any atom is -0.377 e. The molecule has 110 valence electrons. The van der Waals surface area contributed by atoms with Crippen LogP contribution in [0.15, 0.2) is 28.8 Å². The van der Waals surface area contributed by atoms with E-state index >= 15 is 0 Å². The lowest BCUT2D eigenvalue weighted by Gasteiger charge is -2.03. The minimum atomic E-state index is -0.298. The van der Waals surface area contributed by atoms with Crippen molar-refractivity contribution in [2.75, 3.05) is 12.4 Å². The smallest absolute Gasteiger partial charge is 0.203 e. The molecular formula is C14H15FN4O2. The molecule has 3 aromatic rings. The number of methoxy groups -OCH3 is 1. The van der Waals surface area contributed by atoms with Crippen molar-refractivity contribution in [3.63, 3.8) is 0 Å². The average Bonchev–Trinajstić information content (AvgIpc) is 3.02. The molecule has 0 unspecified atom stereocenters. The van der Waals surface area contributed by atoms with Crippen molar-refractivity contribution >= 4 is 17.0 Å². The Labute approximate surface area is 120 Å². The Morgan fingerprint density at radius 3 is 3.05 bits per heavy atom. The molecule has 0 aliphatic carbocycles. The molecule has 7 heteroatoms. The van der Waals surface area contributed by atoms with Crippen molar-refractivity contribution in [3.8, 4) is 0 Å². The number of anilines is 1. The summed E-state index contributed by atoms with van der Waals surface area (Å²) in [6, 6.07) is 6.35. The molecule has 0 aliphatic heterocycles. The summed E-state index contributed by atoms with van der Waals surface area (Å²) in [6.07, 6.45) is 0. The molecule has 0 amide bonds. The Morgan fingerprint density at radius 1 is 1.38 bits per heavy atom. The van der Waals surface area contributed by atoms with E-state index in [1.807, 2.05) is 17.7 Å². The highest BCUT2D eigenvalue weighted by Crippen LogP contribution is 2.19. The van der Waals surface area contributed by atoms with Gasteiger partial charge in [-0.1, -0.05) is 5.16 Å². The second-order valence-corrected chi connectivity index (χ2v) is 4.70. The lowest BCUT2D eigenvalue weighted by atomic mass is 10.3. The van der Waals surface area contributed by atoms with E-state index in [4.69, 9.17) is 9.26 Å². The van der Waals surface area contributed by atoms with Gasteiger partial charge in [-0.2, -0.15) is 0 Å². The number of benzene rings is 1. The summed E-state index contributed by atoms with van der Waals surface area (Å²) in [6.45, 7) is 0.853. The number of fused-ring (bicyclic) bond motifs is 1. The minimum absolute atomic E-state index is 0.298. The van der Waals surface area contributed by atoms with Gasteiger partial charge in [0.25, 0.3) is 0 Å². The first-order valence-corrected chi connectivity index (χ1v) is 6.46. The molecule has 2 heterocycles. The van der Waals surface area contributed by atoms with Gasteiger partial charge in [-0.15, -0.1) is 0 Å². The number of halogens is 1. The molecule has 21 heavy (non-hydrogen) atoms. The first-order chi connectivity index (χ1) is 10.2. The van der Waals surface area contributed by atoms with Gasteiger partial charge >= 0.3 is 0 Å². The number of imidazole rings is 1. The van der Waals surface area contributed by atoms with E-state index in [0.29, 0.717) is 30.4 Å². The molecule has 0 atom stereocenters. The van der Waals surface area contributed by atoms with E-state index in [1.54, 1.807) is 13.2 Å². The highest BCUT2D eigenvalue weighted by molar-refractivity contribution is 5.78. The fourth-order valence-corrected chi connectivity index (χ4v) is 2.15. The van der Waals surface area contributed by atoms with Crippen molar-refractivity contribution in [1.29, 1.82) is 0 Å². The van der Waals surface area contributed by atoms with Gasteiger partial charge in [-0.3, -0.25) is 0 Å². The quantitative estimate of drug-likeness (QED) is 0.782. The van der Waals surface area contributed by atoms with Crippen LogP contribution in [-0.2, 0) is 24.9 Å². The van der Waals surface area contributed by atoms with Crippen LogP contribution in [0.2, 0.25) is 0 Å². The SMILES string of the molecule is COCc1cc(CNc2nc3cc(F)ccc3n2C)no1. The van der Waals surface area contributed by atoms with Crippen LogP contribution in [0.4, 0.5) is 10.3 Å². The van der Waals surface area contributed by atoms with Crippen molar-refractivity contribution in [1.82, 2.24) is 14.7 Å². The van der Waals surface area contributed by atoms with Gasteiger partial charge in [0.05, 0.1) is 17.6 Å². The third-order valence-corrected chi connectivity index (χ3v) is 3.16. The van der Waals surface area contributed by atoms with Crippen LogP contribution >= 0.6 is 0 Å². The standard InChI is InChI=1S/C14H15FN4O2/c1-19-13-4-3-9(15)5-12(13)17-14(19)16-7-10-6-11(8-20-2)21-18-10/h3-6H,7-8H2,1-2H3,(H,16,17). The number of aromatic nitrogens is 3. The Kier molecular flexibility index (Phi) is 3.57. The van der Waals surface area contributed by atoms with Crippen LogP contribution < -0.4 is 5.32 Å². The summed E-state index contributed by atoms with van der Waals surface area (Å²) < 4.78 is 25.1. The number of rotatable bonds is 5. The van der Waals surface area contributed by atoms with Gasteiger partial charge in [-0.05, 0) is 12.1 Å². The molecule has 1 aromatic carbocycles. The first-order valence-electron chi connectivity index (χ1n) is 6.46. The summed E-state index contributed by atoms with van der Waals surface area (Å²) in [5.74, 6) is 1.01. The molecule has 0 aliphatic rings. The molecule has 1 N–H and O–H groups in total. The topological polar surface area (TPSA) is 65.1 Å². The first kappa shape index (κ1) is 13.6. The number of ether oxygens (including phenoxy) is 1. The summed E-state index contributed by atoms with van der Waals surface area (Å²) in [5, 5.41) is 7.09. The van der Waals surface area contributed by atoms with Gasteiger partial charge in [0.15, 0.2) is 5.76 Å². The molecule has 0 fully saturated rings. The highest BCUT2D eigenvalue weighted by atomic mass is 19.1. The number of hydrogen-bond acceptors (Lipinski definition) is 5. The van der Waals surface area contributed by atoms with Gasteiger partial charge in [0.1, 0.15) is 18.1 Å². The Morgan fingerprint density at radius 2 is 2.24 bits per heavy atom. The molecule has 0 radical (unpaired) electrons. The second kappa shape index (κ2) is 5.53. The number of nitrogens with zero attached hydrogens (tertiary/aromatic N) is 3. The monoisotopic (exact) mass is 290 g/mol. The lowest BCUT2D eigenvalue weighted by Crippen LogP contribution is -2.05. The van der Waals surface area contributed by atoms with Crippen molar-refractivity contribution in [3.05, 3.63) is 41.5 Å². The zero-order valence-corrected chi connectivity index (χ0v) is 11.8. The van der Waals surface area contributed by atoms with E-state index in [1.165, 1.54) is 12.1 Å². The van der Waals surface area contributed by atoms with Gasteiger partial charge in [-0.25, -0.2) is 9.37 Å². The van der Waals surface area contributed by atoms with E-state index in [0.717, 1.165) is 11.2 Å². The molecule has 2 aromatic heterocycles. The van der Waals surface area contributed by atoms with Crippen molar-refractivity contribution < 1.29 is 13.7 Å². The normalized spacial score (nSPS) is 11.2. The molecule has 3 rings (SSSR count). The van der Waals surface area contributed by atoms with E-state index in [9.17, 15) is 4.39 Å². The van der Waals surface area contributed by atoms with Crippen LogP contribution in [0.3, 0.4) is 0 Å².